The van der Waals surface area contributed by atoms with E-state index in [1.54, 1.807) is 0 Å². The predicted molar refractivity (Wildman–Crippen MR) is 58.3 cm³/mol. The van der Waals surface area contributed by atoms with Crippen molar-refractivity contribution < 1.29 is 31.1 Å². The minimum Gasteiger partial charge on any atom is -0.350 e. The molecule has 0 bridgehead atoms. The van der Waals surface area contributed by atoms with Gasteiger partial charge in [-0.25, -0.2) is 0 Å². The Kier molecular flexibility index (Phi) is 3.07. The molecule has 0 unspecified atom stereocenters. The lowest BCUT2D eigenvalue weighted by atomic mass is 10.1. The van der Waals surface area contributed by atoms with E-state index in [0.29, 0.717) is 12.1 Å². The molecule has 1 aromatic carbocycles. The molecule has 0 saturated heterocycles. The second-order valence-electron chi connectivity index (χ2n) is 4.21. The highest BCUT2D eigenvalue weighted by Crippen LogP contribution is 2.34. The van der Waals surface area contributed by atoms with Gasteiger partial charge in [0.1, 0.15) is 0 Å². The zero-order valence-corrected chi connectivity index (χ0v) is 9.93. The third-order valence-corrected chi connectivity index (χ3v) is 2.82. The number of alkyl halides is 6. The van der Waals surface area contributed by atoms with Crippen LogP contribution in [0, 0.1) is 0 Å². The third-order valence-electron chi connectivity index (χ3n) is 2.82. The number of rotatable bonds is 1. The number of ketones is 1. The van der Waals surface area contributed by atoms with Crippen LogP contribution in [-0.2, 0) is 13.2 Å². The van der Waals surface area contributed by atoms with Gasteiger partial charge in [-0.3, -0.25) is 4.79 Å². The number of hydrogen-bond donors (Lipinski definition) is 0. The third kappa shape index (κ3) is 2.37. The van der Waals surface area contributed by atoms with Crippen molar-refractivity contribution in [3.63, 3.8) is 0 Å². The maximum atomic E-state index is 12.5. The van der Waals surface area contributed by atoms with Gasteiger partial charge in [0.05, 0.1) is 11.1 Å². The van der Waals surface area contributed by atoms with Crippen LogP contribution in [0.15, 0.2) is 24.4 Å². The predicted octanol–water partition coefficient (Wildman–Crippen LogP) is 3.94. The smallest absolute Gasteiger partial charge is 0.350 e. The number of carbonyl (C=O) groups excluding carboxylic acids is 1. The van der Waals surface area contributed by atoms with E-state index in [1.165, 1.54) is 7.05 Å². The number of nitrogens with zero attached hydrogens (tertiary/aromatic N) is 1. The van der Waals surface area contributed by atoms with E-state index in [-0.39, 0.29) is 10.9 Å². The molecule has 0 atom stereocenters. The topological polar surface area (TPSA) is 22.0 Å². The Balaban J connectivity index is 2.65. The molecule has 0 radical (unpaired) electrons. The summed E-state index contributed by atoms with van der Waals surface area (Å²) >= 11 is 0. The first-order chi connectivity index (χ1) is 9.01. The fraction of sp³-hybridized carbons (Fsp3) is 0.250. The maximum absolute atomic E-state index is 12.5. The number of halogens is 6. The monoisotopic (exact) mass is 295 g/mol. The molecular formula is C12H7F6NO. The molecule has 0 spiro atoms. The Morgan fingerprint density at radius 3 is 2.20 bits per heavy atom. The molecule has 1 aromatic heterocycles. The van der Waals surface area contributed by atoms with Crippen LogP contribution in [0.3, 0.4) is 0 Å². The highest BCUT2D eigenvalue weighted by Gasteiger charge is 2.41. The summed E-state index contributed by atoms with van der Waals surface area (Å²) < 4.78 is 75.9. The summed E-state index contributed by atoms with van der Waals surface area (Å²) in [4.78, 5) is 11.2. The van der Waals surface area contributed by atoms with Crippen molar-refractivity contribution in [2.75, 3.05) is 0 Å². The van der Waals surface area contributed by atoms with Gasteiger partial charge in [-0.1, -0.05) is 6.07 Å². The first-order valence-corrected chi connectivity index (χ1v) is 5.29. The van der Waals surface area contributed by atoms with Crippen LogP contribution >= 0.6 is 0 Å². The number of carbonyl (C=O) groups is 1. The van der Waals surface area contributed by atoms with E-state index in [0.717, 1.165) is 16.8 Å². The molecule has 0 amide bonds. The van der Waals surface area contributed by atoms with Crippen LogP contribution in [0.5, 0.6) is 0 Å². The molecule has 0 fully saturated rings. The Bertz CT molecular complexity index is 680. The van der Waals surface area contributed by atoms with Gasteiger partial charge in [0, 0.05) is 24.1 Å². The van der Waals surface area contributed by atoms with Crippen LogP contribution < -0.4 is 0 Å². The van der Waals surface area contributed by atoms with Gasteiger partial charge < -0.3 is 4.57 Å². The molecule has 2 rings (SSSR count). The van der Waals surface area contributed by atoms with Crippen molar-refractivity contribution in [1.82, 2.24) is 4.57 Å². The number of Topliss-reactive ketones (excluding diaryl/α,β-unsaturated/α-hetero) is 1. The zero-order valence-electron chi connectivity index (χ0n) is 9.93. The molecule has 20 heavy (non-hydrogen) atoms. The molecule has 0 aliphatic rings. The van der Waals surface area contributed by atoms with Crippen LogP contribution in [0.4, 0.5) is 26.3 Å². The summed E-state index contributed by atoms with van der Waals surface area (Å²) in [6.07, 6.45) is -8.80. The SMILES string of the molecule is Cn1cc(C(=O)C(F)(F)F)c2ccc(C(F)(F)F)cc21. The van der Waals surface area contributed by atoms with Crippen molar-refractivity contribution in [3.8, 4) is 0 Å². The molecule has 2 aromatic rings. The van der Waals surface area contributed by atoms with Crippen LogP contribution in [0.2, 0.25) is 0 Å². The Morgan fingerprint density at radius 2 is 1.70 bits per heavy atom. The molecule has 0 aliphatic heterocycles. The second-order valence-corrected chi connectivity index (χ2v) is 4.21. The molecule has 0 saturated carbocycles. The van der Waals surface area contributed by atoms with Crippen molar-refractivity contribution in [1.29, 1.82) is 0 Å². The molecule has 108 valence electrons. The lowest BCUT2D eigenvalue weighted by molar-refractivity contribution is -0.137. The van der Waals surface area contributed by atoms with Gasteiger partial charge in [-0.05, 0) is 12.1 Å². The minimum absolute atomic E-state index is 0.0903. The van der Waals surface area contributed by atoms with Crippen molar-refractivity contribution in [2.45, 2.75) is 12.4 Å². The summed E-state index contributed by atoms with van der Waals surface area (Å²) in [7, 11) is 1.27. The quantitative estimate of drug-likeness (QED) is 0.577. The number of fused-ring (bicyclic) bond motifs is 1. The highest BCUT2D eigenvalue weighted by atomic mass is 19.4. The number of aryl methyl sites for hydroxylation is 1. The van der Waals surface area contributed by atoms with E-state index in [4.69, 9.17) is 0 Å². The fourth-order valence-electron chi connectivity index (χ4n) is 1.89. The first-order valence-electron chi connectivity index (χ1n) is 5.29. The Hall–Kier alpha value is -1.99. The summed E-state index contributed by atoms with van der Waals surface area (Å²) in [6.45, 7) is 0. The number of hydrogen-bond acceptors (Lipinski definition) is 1. The normalized spacial score (nSPS) is 12.9. The van der Waals surface area contributed by atoms with Crippen molar-refractivity contribution in [3.05, 3.63) is 35.5 Å². The van der Waals surface area contributed by atoms with Crippen molar-refractivity contribution >= 4 is 16.7 Å². The van der Waals surface area contributed by atoms with Crippen LogP contribution in [0.1, 0.15) is 15.9 Å². The van der Waals surface area contributed by atoms with Gasteiger partial charge in [0.25, 0.3) is 5.78 Å². The van der Waals surface area contributed by atoms with Crippen LogP contribution in [-0.4, -0.2) is 16.5 Å². The van der Waals surface area contributed by atoms with E-state index in [9.17, 15) is 31.1 Å². The largest absolute Gasteiger partial charge is 0.454 e. The number of aromatic nitrogens is 1. The molecule has 8 heteroatoms. The van der Waals surface area contributed by atoms with E-state index >= 15 is 0 Å². The molecule has 0 aliphatic carbocycles. The second kappa shape index (κ2) is 4.26. The van der Waals surface area contributed by atoms with Gasteiger partial charge in [-0.2, -0.15) is 26.3 Å². The zero-order chi connectivity index (χ0) is 15.3. The first kappa shape index (κ1) is 14.4. The van der Waals surface area contributed by atoms with Gasteiger partial charge in [0.15, 0.2) is 0 Å². The molecule has 2 nitrogen and oxygen atoms in total. The molecule has 0 N–H and O–H groups in total. The Labute approximate surface area is 108 Å². The van der Waals surface area contributed by atoms with Gasteiger partial charge >= 0.3 is 12.4 Å². The summed E-state index contributed by atoms with van der Waals surface area (Å²) in [5, 5.41) is -0.164. The van der Waals surface area contributed by atoms with E-state index in [1.807, 2.05) is 0 Å². The summed E-state index contributed by atoms with van der Waals surface area (Å²) in [6, 6.07) is 2.23. The van der Waals surface area contributed by atoms with E-state index in [2.05, 4.69) is 0 Å². The lowest BCUT2D eigenvalue weighted by Crippen LogP contribution is -2.22. The van der Waals surface area contributed by atoms with Gasteiger partial charge in [-0.15, -0.1) is 0 Å². The fourth-order valence-corrected chi connectivity index (χ4v) is 1.89. The Morgan fingerprint density at radius 1 is 1.10 bits per heavy atom. The molecular weight excluding hydrogens is 288 g/mol. The van der Waals surface area contributed by atoms with E-state index < -0.39 is 29.3 Å². The minimum atomic E-state index is -5.07. The lowest BCUT2D eigenvalue weighted by Gasteiger charge is -2.07. The van der Waals surface area contributed by atoms with Crippen molar-refractivity contribution in [2.24, 2.45) is 7.05 Å². The number of benzene rings is 1. The van der Waals surface area contributed by atoms with Crippen LogP contribution in [0.25, 0.3) is 10.9 Å². The van der Waals surface area contributed by atoms with Gasteiger partial charge in [0.2, 0.25) is 0 Å². The summed E-state index contributed by atoms with van der Waals surface area (Å²) in [5.41, 5.74) is -1.74. The molecule has 1 heterocycles. The highest BCUT2D eigenvalue weighted by molar-refractivity contribution is 6.10. The maximum Gasteiger partial charge on any atom is 0.454 e. The standard InChI is InChI=1S/C12H7F6NO/c1-19-5-8(10(20)12(16,17)18)7-3-2-6(4-9(7)19)11(13,14)15/h2-5H,1H3. The average Bonchev–Trinajstić information content (AvgIpc) is 2.63. The average molecular weight is 295 g/mol. The summed E-state index contributed by atoms with van der Waals surface area (Å²) in [5.74, 6) is -2.08.